The zero-order valence-corrected chi connectivity index (χ0v) is 6.89. The molecule has 0 aromatic carbocycles. The van der Waals surface area contributed by atoms with Crippen molar-refractivity contribution in [3.05, 3.63) is 0 Å². The van der Waals surface area contributed by atoms with Gasteiger partial charge in [-0.3, -0.25) is 9.59 Å². The van der Waals surface area contributed by atoms with Crippen LogP contribution in [0.25, 0.3) is 0 Å². The second kappa shape index (κ2) is 6.77. The maximum Gasteiger partial charge on any atom is 0.303 e. The fraction of sp³-hybridized carbons (Fsp3) is 0.600. The van der Waals surface area contributed by atoms with Gasteiger partial charge in [-0.2, -0.15) is 0 Å². The van der Waals surface area contributed by atoms with Crippen molar-refractivity contribution in [1.82, 2.24) is 0 Å². The summed E-state index contributed by atoms with van der Waals surface area (Å²) in [7, 11) is 0. The average Bonchev–Trinajstić information content (AvgIpc) is 1.63. The summed E-state index contributed by atoms with van der Waals surface area (Å²) >= 11 is 0. The molecule has 10 heavy (non-hydrogen) atoms. The maximum absolute atomic E-state index is 9.79. The third-order valence-corrected chi connectivity index (χ3v) is 0.781. The van der Waals surface area contributed by atoms with Crippen LogP contribution in [0, 0.1) is 0 Å². The minimum atomic E-state index is -0.948. The Balaban J connectivity index is 0. The minimum Gasteiger partial charge on any atom is -0.481 e. The monoisotopic (exact) mass is 180 g/mol. The molecule has 4 nitrogen and oxygen atoms in total. The Morgan fingerprint density at radius 1 is 1.00 bits per heavy atom. The zero-order chi connectivity index (χ0) is 7.28. The largest absolute Gasteiger partial charge is 0.481 e. The van der Waals surface area contributed by atoms with Gasteiger partial charge in [0.15, 0.2) is 0 Å². The van der Waals surface area contributed by atoms with Gasteiger partial charge in [0.05, 0.1) is 0 Å². The number of aliphatic carboxylic acids is 2. The van der Waals surface area contributed by atoms with Crippen LogP contribution in [-0.2, 0) is 31.3 Å². The van der Waals surface area contributed by atoms with Crippen LogP contribution < -0.4 is 0 Å². The summed E-state index contributed by atoms with van der Waals surface area (Å²) in [5.41, 5.74) is 0. The van der Waals surface area contributed by atoms with Gasteiger partial charge in [-0.15, -0.1) is 0 Å². The van der Waals surface area contributed by atoms with E-state index in [1.165, 1.54) is 0 Å². The predicted octanol–water partition coefficient (Wildman–Crippen LogP) is 0.323. The quantitative estimate of drug-likeness (QED) is 0.611. The number of hydrogen-bond donors (Lipinski definition) is 2. The van der Waals surface area contributed by atoms with Crippen LogP contribution in [0.4, 0.5) is 0 Å². The molecule has 0 saturated heterocycles. The van der Waals surface area contributed by atoms with Gasteiger partial charge in [0.1, 0.15) is 0 Å². The summed E-state index contributed by atoms with van der Waals surface area (Å²) in [5, 5.41) is 16.1. The van der Waals surface area contributed by atoms with E-state index in [2.05, 4.69) is 0 Å². The first-order valence-corrected chi connectivity index (χ1v) is 2.56. The van der Waals surface area contributed by atoms with Crippen molar-refractivity contribution in [1.29, 1.82) is 0 Å². The third-order valence-electron chi connectivity index (χ3n) is 0.781. The topological polar surface area (TPSA) is 74.6 Å². The van der Waals surface area contributed by atoms with E-state index in [4.69, 9.17) is 10.2 Å². The van der Waals surface area contributed by atoms with Crippen LogP contribution in [0.3, 0.4) is 0 Å². The molecule has 0 aromatic heterocycles. The molecule has 0 heterocycles. The summed E-state index contributed by atoms with van der Waals surface area (Å²) in [6, 6.07) is 0. The third kappa shape index (κ3) is 10.6. The van der Waals surface area contributed by atoms with Gasteiger partial charge in [0.25, 0.3) is 0 Å². The maximum atomic E-state index is 9.79. The fourth-order valence-corrected chi connectivity index (χ4v) is 0.391. The van der Waals surface area contributed by atoms with Gasteiger partial charge in [-0.1, -0.05) is 0 Å². The Kier molecular flexibility index (Phi) is 8.36. The summed E-state index contributed by atoms with van der Waals surface area (Å²) in [4.78, 5) is 19.6. The van der Waals surface area contributed by atoms with Crippen molar-refractivity contribution in [3.63, 3.8) is 0 Å². The van der Waals surface area contributed by atoms with Gasteiger partial charge < -0.3 is 10.2 Å². The molecular weight excluding hydrogens is 172 g/mol. The summed E-state index contributed by atoms with van der Waals surface area (Å²) in [5.74, 6) is -1.90. The molecule has 0 radical (unpaired) electrons. The molecule has 0 spiro atoms. The van der Waals surface area contributed by atoms with E-state index >= 15 is 0 Å². The van der Waals surface area contributed by atoms with Gasteiger partial charge in [0, 0.05) is 34.6 Å². The molecule has 0 saturated carbocycles. The van der Waals surface area contributed by atoms with Crippen LogP contribution in [-0.4, -0.2) is 22.2 Å². The van der Waals surface area contributed by atoms with Crippen molar-refractivity contribution < 1.29 is 41.5 Å². The SMILES string of the molecule is O=C(O)CCCC(=O)O.[Ti]. The first-order valence-electron chi connectivity index (χ1n) is 2.56. The van der Waals surface area contributed by atoms with Crippen LogP contribution in [0.5, 0.6) is 0 Å². The molecule has 0 bridgehead atoms. The Morgan fingerprint density at radius 2 is 1.30 bits per heavy atom. The van der Waals surface area contributed by atoms with E-state index in [1.54, 1.807) is 0 Å². The van der Waals surface area contributed by atoms with Gasteiger partial charge in [-0.05, 0) is 6.42 Å². The van der Waals surface area contributed by atoms with Gasteiger partial charge in [0.2, 0.25) is 0 Å². The van der Waals surface area contributed by atoms with Crippen LogP contribution in [0.1, 0.15) is 19.3 Å². The molecule has 0 amide bonds. The molecular formula is C5H8O4Ti. The van der Waals surface area contributed by atoms with Crippen molar-refractivity contribution in [2.45, 2.75) is 19.3 Å². The Morgan fingerprint density at radius 3 is 1.50 bits per heavy atom. The number of rotatable bonds is 4. The van der Waals surface area contributed by atoms with E-state index < -0.39 is 11.9 Å². The number of carboxylic acids is 2. The van der Waals surface area contributed by atoms with E-state index in [1.807, 2.05) is 0 Å². The van der Waals surface area contributed by atoms with E-state index in [0.717, 1.165) is 0 Å². The van der Waals surface area contributed by atoms with E-state index in [9.17, 15) is 9.59 Å². The fourth-order valence-electron chi connectivity index (χ4n) is 0.391. The van der Waals surface area contributed by atoms with Gasteiger partial charge in [-0.25, -0.2) is 0 Å². The molecule has 0 aromatic rings. The Hall–Kier alpha value is -0.346. The molecule has 2 N–H and O–H groups in total. The first kappa shape index (κ1) is 12.3. The van der Waals surface area contributed by atoms with Crippen LogP contribution in [0.15, 0.2) is 0 Å². The smallest absolute Gasteiger partial charge is 0.303 e. The van der Waals surface area contributed by atoms with Crippen LogP contribution in [0.2, 0.25) is 0 Å². The minimum absolute atomic E-state index is 0. The molecule has 56 valence electrons. The molecule has 0 rings (SSSR count). The number of carboxylic acid groups (broad SMARTS) is 2. The Labute approximate surface area is 73.1 Å². The first-order chi connectivity index (χ1) is 4.13. The average molecular weight is 180 g/mol. The van der Waals surface area contributed by atoms with Crippen molar-refractivity contribution in [2.75, 3.05) is 0 Å². The molecule has 0 aliphatic rings. The normalized spacial score (nSPS) is 8.00. The molecule has 0 aliphatic heterocycles. The molecule has 0 unspecified atom stereocenters. The van der Waals surface area contributed by atoms with Crippen molar-refractivity contribution >= 4 is 11.9 Å². The van der Waals surface area contributed by atoms with Gasteiger partial charge >= 0.3 is 11.9 Å². The second-order valence-corrected chi connectivity index (χ2v) is 1.64. The standard InChI is InChI=1S/C5H8O4.Ti/c6-4(7)2-1-3-5(8)9;/h1-3H2,(H,6,7)(H,8,9);. The summed E-state index contributed by atoms with van der Waals surface area (Å²) < 4.78 is 0. The van der Waals surface area contributed by atoms with E-state index in [-0.39, 0.29) is 41.0 Å². The zero-order valence-electron chi connectivity index (χ0n) is 5.33. The molecule has 0 aliphatic carbocycles. The number of hydrogen-bond acceptors (Lipinski definition) is 2. The Bertz CT molecular complexity index is 109. The van der Waals surface area contributed by atoms with E-state index in [0.29, 0.717) is 0 Å². The summed E-state index contributed by atoms with van der Waals surface area (Å²) in [6.45, 7) is 0. The van der Waals surface area contributed by atoms with Crippen molar-refractivity contribution in [3.8, 4) is 0 Å². The number of carbonyl (C=O) groups is 2. The predicted molar refractivity (Wildman–Crippen MR) is 29.1 cm³/mol. The van der Waals surface area contributed by atoms with Crippen molar-refractivity contribution in [2.24, 2.45) is 0 Å². The second-order valence-electron chi connectivity index (χ2n) is 1.64. The molecule has 0 fully saturated rings. The molecule has 5 heteroatoms. The van der Waals surface area contributed by atoms with Crippen LogP contribution >= 0.6 is 0 Å². The molecule has 0 atom stereocenters. The summed E-state index contributed by atoms with van der Waals surface area (Å²) in [6.07, 6.45) is 0.0866.